The topological polar surface area (TPSA) is 47.3 Å². The minimum Gasteiger partial charge on any atom is -0.377 e. The third kappa shape index (κ3) is 3.55. The molecule has 0 spiro atoms. The van der Waals surface area contributed by atoms with Crippen LogP contribution in [-0.2, 0) is 4.74 Å². The Morgan fingerprint density at radius 1 is 1.10 bits per heavy atom. The van der Waals surface area contributed by atoms with Crippen molar-refractivity contribution in [3.8, 4) is 0 Å². The second-order valence-electron chi connectivity index (χ2n) is 7.02. The highest BCUT2D eigenvalue weighted by atomic mass is 16.5. The number of hydrogen-bond donors (Lipinski definition) is 2. The van der Waals surface area contributed by atoms with Crippen molar-refractivity contribution in [3.05, 3.63) is 0 Å². The second kappa shape index (κ2) is 7.77. The summed E-state index contributed by atoms with van der Waals surface area (Å²) in [5.41, 5.74) is 3.15. The molecule has 2 saturated carbocycles. The highest BCUT2D eigenvalue weighted by Gasteiger charge is 2.43. The summed E-state index contributed by atoms with van der Waals surface area (Å²) in [7, 11) is 1.90. The summed E-state index contributed by atoms with van der Waals surface area (Å²) in [6, 6.07) is 0.336. The molecule has 118 valence electrons. The lowest BCUT2D eigenvalue weighted by molar-refractivity contribution is -0.0735. The van der Waals surface area contributed by atoms with Crippen molar-refractivity contribution in [2.75, 3.05) is 7.11 Å². The molecule has 0 aromatic rings. The van der Waals surface area contributed by atoms with Crippen molar-refractivity contribution < 1.29 is 4.74 Å². The molecule has 0 aliphatic heterocycles. The fourth-order valence-electron chi connectivity index (χ4n) is 4.62. The van der Waals surface area contributed by atoms with Gasteiger partial charge in [0.05, 0.1) is 11.6 Å². The van der Waals surface area contributed by atoms with Crippen LogP contribution in [0.25, 0.3) is 0 Å². The molecule has 1 atom stereocenters. The van der Waals surface area contributed by atoms with Gasteiger partial charge in [-0.05, 0) is 37.5 Å². The first-order chi connectivity index (χ1) is 9.75. The molecule has 0 radical (unpaired) electrons. The molecule has 3 N–H and O–H groups in total. The molecule has 2 aliphatic carbocycles. The summed E-state index contributed by atoms with van der Waals surface area (Å²) in [5, 5.41) is 0. The van der Waals surface area contributed by atoms with Gasteiger partial charge in [0, 0.05) is 7.11 Å². The monoisotopic (exact) mass is 282 g/mol. The first kappa shape index (κ1) is 16.3. The standard InChI is InChI=1S/C17H34N2O/c1-3-14-8-10-15(11-9-14)16(19-18)17(20-2)12-6-4-5-7-13-17/h14-16,19H,3-13,18H2,1-2H3. The Bertz CT molecular complexity index is 266. The van der Waals surface area contributed by atoms with Crippen molar-refractivity contribution in [2.24, 2.45) is 17.7 Å². The highest BCUT2D eigenvalue weighted by Crippen LogP contribution is 2.41. The average Bonchev–Trinajstić information content (AvgIpc) is 2.75. The van der Waals surface area contributed by atoms with Gasteiger partial charge in [-0.15, -0.1) is 0 Å². The molecule has 2 fully saturated rings. The molecule has 2 rings (SSSR count). The van der Waals surface area contributed by atoms with Gasteiger partial charge in [-0.1, -0.05) is 51.9 Å². The van der Waals surface area contributed by atoms with Crippen LogP contribution in [0.2, 0.25) is 0 Å². The van der Waals surface area contributed by atoms with E-state index in [-0.39, 0.29) is 5.60 Å². The zero-order valence-corrected chi connectivity index (χ0v) is 13.5. The van der Waals surface area contributed by atoms with Crippen LogP contribution in [0.1, 0.15) is 77.6 Å². The molecule has 0 aromatic carbocycles. The highest BCUT2D eigenvalue weighted by molar-refractivity contribution is 4.98. The van der Waals surface area contributed by atoms with Crippen LogP contribution in [0.4, 0.5) is 0 Å². The fourth-order valence-corrected chi connectivity index (χ4v) is 4.62. The van der Waals surface area contributed by atoms with Crippen LogP contribution in [0.15, 0.2) is 0 Å². The largest absolute Gasteiger partial charge is 0.377 e. The van der Waals surface area contributed by atoms with E-state index in [1.54, 1.807) is 0 Å². The Kier molecular flexibility index (Phi) is 6.31. The lowest BCUT2D eigenvalue weighted by Gasteiger charge is -2.45. The lowest BCUT2D eigenvalue weighted by Crippen LogP contribution is -2.58. The van der Waals surface area contributed by atoms with Gasteiger partial charge in [0.2, 0.25) is 0 Å². The molecule has 0 heterocycles. The van der Waals surface area contributed by atoms with Gasteiger partial charge in [0.25, 0.3) is 0 Å². The van der Waals surface area contributed by atoms with E-state index < -0.39 is 0 Å². The number of methoxy groups -OCH3 is 1. The van der Waals surface area contributed by atoms with Gasteiger partial charge in [-0.25, -0.2) is 0 Å². The van der Waals surface area contributed by atoms with Gasteiger partial charge in [0.1, 0.15) is 0 Å². The molecule has 2 aliphatic rings. The molecular formula is C17H34N2O. The predicted molar refractivity (Wildman–Crippen MR) is 84.3 cm³/mol. The van der Waals surface area contributed by atoms with Crippen molar-refractivity contribution >= 4 is 0 Å². The Morgan fingerprint density at radius 3 is 2.15 bits per heavy atom. The van der Waals surface area contributed by atoms with E-state index >= 15 is 0 Å². The summed E-state index contributed by atoms with van der Waals surface area (Å²) < 4.78 is 6.08. The number of rotatable bonds is 5. The van der Waals surface area contributed by atoms with Gasteiger partial charge >= 0.3 is 0 Å². The van der Waals surface area contributed by atoms with Crippen LogP contribution >= 0.6 is 0 Å². The zero-order chi connectivity index (χ0) is 14.4. The third-order valence-corrected chi connectivity index (χ3v) is 6.04. The molecule has 0 aromatic heterocycles. The van der Waals surface area contributed by atoms with Crippen molar-refractivity contribution in [1.29, 1.82) is 0 Å². The van der Waals surface area contributed by atoms with Crippen molar-refractivity contribution in [2.45, 2.75) is 89.2 Å². The minimum absolute atomic E-state index is 0.0189. The Labute approximate surface area is 125 Å². The van der Waals surface area contributed by atoms with E-state index in [1.807, 2.05) is 7.11 Å². The number of nitrogens with one attached hydrogen (secondary N) is 1. The first-order valence-electron chi connectivity index (χ1n) is 8.77. The van der Waals surface area contributed by atoms with Gasteiger partial charge in [-0.3, -0.25) is 11.3 Å². The summed E-state index contributed by atoms with van der Waals surface area (Å²) >= 11 is 0. The molecule has 0 amide bonds. The van der Waals surface area contributed by atoms with E-state index in [9.17, 15) is 0 Å². The van der Waals surface area contributed by atoms with Gasteiger partial charge < -0.3 is 4.74 Å². The number of hydrogen-bond acceptors (Lipinski definition) is 3. The van der Waals surface area contributed by atoms with E-state index in [0.29, 0.717) is 12.0 Å². The smallest absolute Gasteiger partial charge is 0.0847 e. The maximum Gasteiger partial charge on any atom is 0.0847 e. The average molecular weight is 282 g/mol. The van der Waals surface area contributed by atoms with E-state index in [2.05, 4.69) is 12.3 Å². The van der Waals surface area contributed by atoms with Crippen LogP contribution in [0, 0.1) is 11.8 Å². The molecule has 3 nitrogen and oxygen atoms in total. The predicted octanol–water partition coefficient (Wildman–Crippen LogP) is 3.77. The fraction of sp³-hybridized carbons (Fsp3) is 1.00. The molecule has 0 saturated heterocycles. The van der Waals surface area contributed by atoms with Gasteiger partial charge in [0.15, 0.2) is 0 Å². The molecule has 20 heavy (non-hydrogen) atoms. The zero-order valence-electron chi connectivity index (χ0n) is 13.5. The third-order valence-electron chi connectivity index (χ3n) is 6.04. The second-order valence-corrected chi connectivity index (χ2v) is 7.02. The SMILES string of the molecule is CCC1CCC(C(NN)C2(OC)CCCCCC2)CC1. The van der Waals surface area contributed by atoms with E-state index in [4.69, 9.17) is 10.6 Å². The number of ether oxygens (including phenoxy) is 1. The molecular weight excluding hydrogens is 248 g/mol. The Morgan fingerprint density at radius 2 is 1.70 bits per heavy atom. The quantitative estimate of drug-likeness (QED) is 0.458. The Balaban J connectivity index is 2.04. The lowest BCUT2D eigenvalue weighted by atomic mass is 9.71. The summed E-state index contributed by atoms with van der Waals surface area (Å²) in [6.07, 6.45) is 14.3. The van der Waals surface area contributed by atoms with Crippen LogP contribution in [-0.4, -0.2) is 18.8 Å². The van der Waals surface area contributed by atoms with Crippen molar-refractivity contribution in [1.82, 2.24) is 5.43 Å². The first-order valence-corrected chi connectivity index (χ1v) is 8.77. The van der Waals surface area contributed by atoms with Gasteiger partial charge in [-0.2, -0.15) is 0 Å². The van der Waals surface area contributed by atoms with E-state index in [1.165, 1.54) is 70.6 Å². The molecule has 1 unspecified atom stereocenters. The van der Waals surface area contributed by atoms with Crippen LogP contribution in [0.3, 0.4) is 0 Å². The minimum atomic E-state index is -0.0189. The van der Waals surface area contributed by atoms with Crippen molar-refractivity contribution in [3.63, 3.8) is 0 Å². The van der Waals surface area contributed by atoms with Crippen LogP contribution in [0.5, 0.6) is 0 Å². The van der Waals surface area contributed by atoms with Crippen LogP contribution < -0.4 is 11.3 Å². The maximum atomic E-state index is 6.08. The number of nitrogens with two attached hydrogens (primary N) is 1. The molecule has 0 bridgehead atoms. The Hall–Kier alpha value is -0.120. The number of hydrazine groups is 1. The maximum absolute atomic E-state index is 6.08. The summed E-state index contributed by atoms with van der Waals surface area (Å²) in [4.78, 5) is 0. The normalized spacial score (nSPS) is 32.5. The van der Waals surface area contributed by atoms with E-state index in [0.717, 1.165) is 5.92 Å². The summed E-state index contributed by atoms with van der Waals surface area (Å²) in [6.45, 7) is 2.33. The summed E-state index contributed by atoms with van der Waals surface area (Å²) in [5.74, 6) is 7.62. The molecule has 3 heteroatoms.